The molecule has 0 aliphatic heterocycles. The number of hydrogen-bond acceptors (Lipinski definition) is 4. The summed E-state index contributed by atoms with van der Waals surface area (Å²) < 4.78 is 5.62. The molecule has 0 saturated carbocycles. The van der Waals surface area contributed by atoms with Crippen molar-refractivity contribution in [1.29, 1.82) is 0 Å². The largest absolute Gasteiger partial charge is 0.484 e. The van der Waals surface area contributed by atoms with Crippen molar-refractivity contribution < 1.29 is 9.53 Å². The summed E-state index contributed by atoms with van der Waals surface area (Å²) in [7, 11) is 0. The second kappa shape index (κ2) is 9.00. The normalized spacial score (nSPS) is 12.0. The topological polar surface area (TPSA) is 69.0 Å². The average Bonchev–Trinajstić information content (AvgIpc) is 3.21. The highest BCUT2D eigenvalue weighted by Crippen LogP contribution is 2.22. The third-order valence-corrected chi connectivity index (χ3v) is 5.36. The Morgan fingerprint density at radius 2 is 1.71 bits per heavy atom. The van der Waals surface area contributed by atoms with Crippen molar-refractivity contribution in [2.45, 2.75) is 33.1 Å². The molecule has 4 rings (SSSR count). The van der Waals surface area contributed by atoms with Crippen LogP contribution in [0.1, 0.15) is 37.3 Å². The van der Waals surface area contributed by atoms with E-state index in [1.54, 1.807) is 4.80 Å². The van der Waals surface area contributed by atoms with E-state index >= 15 is 0 Å². The van der Waals surface area contributed by atoms with Crippen molar-refractivity contribution in [1.82, 2.24) is 15.0 Å². The number of nitrogens with zero attached hydrogens (tertiary/aromatic N) is 3. The van der Waals surface area contributed by atoms with Gasteiger partial charge < -0.3 is 10.1 Å². The van der Waals surface area contributed by atoms with Crippen molar-refractivity contribution in [2.24, 2.45) is 0 Å². The summed E-state index contributed by atoms with van der Waals surface area (Å²) in [5, 5.41) is 11.9. The molecule has 0 aliphatic rings. The van der Waals surface area contributed by atoms with Crippen LogP contribution >= 0.6 is 0 Å². The lowest BCUT2D eigenvalue weighted by atomic mass is 9.99. The summed E-state index contributed by atoms with van der Waals surface area (Å²) in [4.78, 5) is 13.9. The summed E-state index contributed by atoms with van der Waals surface area (Å²) >= 11 is 0. The van der Waals surface area contributed by atoms with Crippen LogP contribution in [0.5, 0.6) is 5.75 Å². The Morgan fingerprint density at radius 1 is 1.00 bits per heavy atom. The van der Waals surface area contributed by atoms with Gasteiger partial charge in [-0.1, -0.05) is 43.7 Å². The van der Waals surface area contributed by atoms with Gasteiger partial charge >= 0.3 is 0 Å². The summed E-state index contributed by atoms with van der Waals surface area (Å²) in [6, 6.07) is 21.4. The first-order valence-electron chi connectivity index (χ1n) is 10.5. The van der Waals surface area contributed by atoms with Crippen molar-refractivity contribution >= 4 is 22.6 Å². The summed E-state index contributed by atoms with van der Waals surface area (Å²) in [6.45, 7) is 6.34. The zero-order valence-corrected chi connectivity index (χ0v) is 18.0. The molecule has 0 unspecified atom stereocenters. The molecule has 0 bridgehead atoms. The Labute approximate surface area is 181 Å². The molecule has 6 heteroatoms. The van der Waals surface area contributed by atoms with Crippen LogP contribution in [0.15, 0.2) is 66.7 Å². The highest BCUT2D eigenvalue weighted by Gasteiger charge is 2.09. The van der Waals surface area contributed by atoms with Gasteiger partial charge in [0.25, 0.3) is 5.91 Å². The van der Waals surface area contributed by atoms with E-state index in [4.69, 9.17) is 4.74 Å². The maximum absolute atomic E-state index is 12.3. The van der Waals surface area contributed by atoms with Gasteiger partial charge in [0.2, 0.25) is 0 Å². The van der Waals surface area contributed by atoms with Gasteiger partial charge in [0, 0.05) is 5.69 Å². The van der Waals surface area contributed by atoms with Gasteiger partial charge in [0.1, 0.15) is 16.8 Å². The molecule has 0 saturated heterocycles. The fourth-order valence-corrected chi connectivity index (χ4v) is 3.26. The molecule has 0 fully saturated rings. The lowest BCUT2D eigenvalue weighted by Gasteiger charge is -2.11. The van der Waals surface area contributed by atoms with Gasteiger partial charge in [0.05, 0.1) is 5.69 Å². The second-order valence-electron chi connectivity index (χ2n) is 7.74. The highest BCUT2D eigenvalue weighted by atomic mass is 16.5. The van der Waals surface area contributed by atoms with Gasteiger partial charge in [-0.3, -0.25) is 4.79 Å². The SMILES string of the molecule is CC[C@@H](C)c1ccc(OCC(=O)Nc2ccc3nn(-c4ccc(C)cc4)nc3c2)cc1. The first kappa shape index (κ1) is 20.6. The average molecular weight is 415 g/mol. The summed E-state index contributed by atoms with van der Waals surface area (Å²) in [6.07, 6.45) is 1.09. The fraction of sp³-hybridized carbons (Fsp3) is 0.240. The van der Waals surface area contributed by atoms with Crippen LogP contribution in [0.3, 0.4) is 0 Å². The van der Waals surface area contributed by atoms with Gasteiger partial charge in [0.15, 0.2) is 6.61 Å². The molecule has 3 aromatic carbocycles. The molecular weight excluding hydrogens is 388 g/mol. The van der Waals surface area contributed by atoms with Gasteiger partial charge in [-0.05, 0) is 67.3 Å². The smallest absolute Gasteiger partial charge is 0.262 e. The molecule has 1 aromatic heterocycles. The number of carbonyl (C=O) groups excluding carboxylic acids is 1. The number of nitrogens with one attached hydrogen (secondary N) is 1. The van der Waals surface area contributed by atoms with Gasteiger partial charge in [-0.15, -0.1) is 10.2 Å². The molecule has 0 spiro atoms. The minimum atomic E-state index is -0.226. The number of aryl methyl sites for hydroxylation is 1. The van der Waals surface area contributed by atoms with Crippen molar-refractivity contribution in [2.75, 3.05) is 11.9 Å². The molecule has 31 heavy (non-hydrogen) atoms. The summed E-state index contributed by atoms with van der Waals surface area (Å²) in [5.41, 5.74) is 5.46. The molecule has 1 N–H and O–H groups in total. The van der Waals surface area contributed by atoms with E-state index in [0.29, 0.717) is 22.9 Å². The highest BCUT2D eigenvalue weighted by molar-refractivity contribution is 5.93. The molecule has 6 nitrogen and oxygen atoms in total. The Bertz CT molecular complexity index is 1180. The van der Waals surface area contributed by atoms with Crippen LogP contribution in [-0.2, 0) is 4.79 Å². The number of amides is 1. The van der Waals surface area contributed by atoms with Crippen molar-refractivity contribution in [3.63, 3.8) is 0 Å². The third-order valence-electron chi connectivity index (χ3n) is 5.36. The van der Waals surface area contributed by atoms with Crippen LogP contribution < -0.4 is 10.1 Å². The minimum Gasteiger partial charge on any atom is -0.484 e. The number of aromatic nitrogens is 3. The fourth-order valence-electron chi connectivity index (χ4n) is 3.26. The lowest BCUT2D eigenvalue weighted by Crippen LogP contribution is -2.20. The monoisotopic (exact) mass is 414 g/mol. The van der Waals surface area contributed by atoms with Crippen LogP contribution in [0, 0.1) is 6.92 Å². The van der Waals surface area contributed by atoms with E-state index in [1.807, 2.05) is 73.7 Å². The first-order valence-corrected chi connectivity index (χ1v) is 10.5. The predicted molar refractivity (Wildman–Crippen MR) is 123 cm³/mol. The number of fused-ring (bicyclic) bond motifs is 1. The van der Waals surface area contributed by atoms with E-state index in [9.17, 15) is 4.79 Å². The molecule has 1 heterocycles. The standard InChI is InChI=1S/C25H26N4O2/c1-4-18(3)19-7-12-22(13-8-19)31-16-25(30)26-20-9-14-23-24(15-20)28-29(27-23)21-10-5-17(2)6-11-21/h5-15,18H,4,16H2,1-3H3,(H,26,30)/t18-/m1/s1. The van der Waals surface area contributed by atoms with Gasteiger partial charge in [-0.2, -0.15) is 4.80 Å². The second-order valence-corrected chi connectivity index (χ2v) is 7.74. The van der Waals surface area contributed by atoms with E-state index in [0.717, 1.165) is 17.6 Å². The summed E-state index contributed by atoms with van der Waals surface area (Å²) in [5.74, 6) is 0.964. The third kappa shape index (κ3) is 4.91. The molecule has 1 amide bonds. The molecule has 4 aromatic rings. The Morgan fingerprint density at radius 3 is 2.42 bits per heavy atom. The first-order chi connectivity index (χ1) is 15.0. The number of carbonyl (C=O) groups is 1. The molecule has 1 atom stereocenters. The number of anilines is 1. The van der Waals surface area contributed by atoms with Crippen molar-refractivity contribution in [3.8, 4) is 11.4 Å². The van der Waals surface area contributed by atoms with Crippen LogP contribution in [-0.4, -0.2) is 27.5 Å². The van der Waals surface area contributed by atoms with E-state index < -0.39 is 0 Å². The van der Waals surface area contributed by atoms with E-state index in [2.05, 4.69) is 29.4 Å². The van der Waals surface area contributed by atoms with Crippen molar-refractivity contribution in [3.05, 3.63) is 77.9 Å². The van der Waals surface area contributed by atoms with Crippen LogP contribution in [0.2, 0.25) is 0 Å². The van der Waals surface area contributed by atoms with Crippen LogP contribution in [0.4, 0.5) is 5.69 Å². The maximum Gasteiger partial charge on any atom is 0.262 e. The Balaban J connectivity index is 1.38. The zero-order chi connectivity index (χ0) is 21.8. The Kier molecular flexibility index (Phi) is 5.98. The predicted octanol–water partition coefficient (Wildman–Crippen LogP) is 5.26. The molecule has 0 radical (unpaired) electrons. The number of ether oxygens (including phenoxy) is 1. The minimum absolute atomic E-state index is 0.0588. The number of hydrogen-bond donors (Lipinski definition) is 1. The Hall–Kier alpha value is -3.67. The number of rotatable bonds is 7. The maximum atomic E-state index is 12.3. The number of benzene rings is 3. The van der Waals surface area contributed by atoms with Crippen LogP contribution in [0.25, 0.3) is 16.7 Å². The van der Waals surface area contributed by atoms with E-state index in [1.165, 1.54) is 11.1 Å². The lowest BCUT2D eigenvalue weighted by molar-refractivity contribution is -0.118. The molecule has 0 aliphatic carbocycles. The van der Waals surface area contributed by atoms with E-state index in [-0.39, 0.29) is 12.5 Å². The quantitative estimate of drug-likeness (QED) is 0.448. The molecular formula is C25H26N4O2. The van der Waals surface area contributed by atoms with Gasteiger partial charge in [-0.25, -0.2) is 0 Å². The zero-order valence-electron chi connectivity index (χ0n) is 18.0. The molecule has 158 valence electrons.